The molecule has 1 nitrogen and oxygen atoms in total. The van der Waals surface area contributed by atoms with Crippen molar-refractivity contribution in [2.45, 2.75) is 33.6 Å². The fourth-order valence-electron chi connectivity index (χ4n) is 2.02. The molecule has 1 rings (SSSR count). The molecule has 1 heteroatoms. The summed E-state index contributed by atoms with van der Waals surface area (Å²) in [7, 11) is 0. The minimum Gasteiger partial charge on any atom is -0.327 e. The second-order valence-electron chi connectivity index (χ2n) is 3.84. The van der Waals surface area contributed by atoms with E-state index in [4.69, 9.17) is 5.73 Å². The second kappa shape index (κ2) is 2.98. The van der Waals surface area contributed by atoms with Gasteiger partial charge in [-0.1, -0.05) is 32.4 Å². The van der Waals surface area contributed by atoms with Crippen molar-refractivity contribution in [1.82, 2.24) is 0 Å². The van der Waals surface area contributed by atoms with E-state index in [1.807, 2.05) is 0 Å². The van der Waals surface area contributed by atoms with Crippen LogP contribution in [0.4, 0.5) is 0 Å². The first-order valence-corrected chi connectivity index (χ1v) is 4.54. The Balaban J connectivity index is 2.81. The van der Waals surface area contributed by atoms with Crippen LogP contribution in [-0.4, -0.2) is 6.54 Å². The first-order valence-electron chi connectivity index (χ1n) is 4.54. The summed E-state index contributed by atoms with van der Waals surface area (Å²) in [4.78, 5) is 0. The van der Waals surface area contributed by atoms with Crippen LogP contribution in [0.2, 0.25) is 0 Å². The van der Waals surface area contributed by atoms with E-state index < -0.39 is 0 Å². The number of rotatable bonds is 2. The molecule has 0 aromatic rings. The Morgan fingerprint density at radius 2 is 2.36 bits per heavy atom. The van der Waals surface area contributed by atoms with E-state index in [2.05, 4.69) is 26.8 Å². The molecule has 2 atom stereocenters. The molecule has 0 bridgehead atoms. The topological polar surface area (TPSA) is 26.0 Å². The summed E-state index contributed by atoms with van der Waals surface area (Å²) in [6, 6.07) is 0. The van der Waals surface area contributed by atoms with E-state index in [0.29, 0.717) is 5.41 Å². The van der Waals surface area contributed by atoms with Crippen LogP contribution in [0.3, 0.4) is 0 Å². The maximum Gasteiger partial charge on any atom is 0.0142 e. The summed E-state index contributed by atoms with van der Waals surface area (Å²) in [5, 5.41) is 0. The first-order chi connectivity index (χ1) is 5.15. The Morgan fingerprint density at radius 3 is 2.73 bits per heavy atom. The largest absolute Gasteiger partial charge is 0.327 e. The summed E-state index contributed by atoms with van der Waals surface area (Å²) in [5.41, 5.74) is 7.54. The highest BCUT2D eigenvalue weighted by atomic mass is 14.6. The van der Waals surface area contributed by atoms with Crippen molar-refractivity contribution in [2.75, 3.05) is 6.54 Å². The van der Waals surface area contributed by atoms with Gasteiger partial charge in [-0.3, -0.25) is 0 Å². The number of allylic oxidation sites excluding steroid dienone is 1. The van der Waals surface area contributed by atoms with Gasteiger partial charge in [-0.2, -0.15) is 0 Å². The van der Waals surface area contributed by atoms with Crippen LogP contribution >= 0.6 is 0 Å². The summed E-state index contributed by atoms with van der Waals surface area (Å²) < 4.78 is 0. The third-order valence-corrected chi connectivity index (χ3v) is 3.49. The highest BCUT2D eigenvalue weighted by Gasteiger charge is 2.35. The molecule has 1 unspecified atom stereocenters. The standard InChI is InChI=1S/C10H19N/c1-4-10(3)8(2)5-6-9(10)7-11/h6,8H,4-5,7,11H2,1-3H3/t8-,10?/m0/s1. The summed E-state index contributed by atoms with van der Waals surface area (Å²) in [6.07, 6.45) is 4.77. The Kier molecular flexibility index (Phi) is 2.38. The third kappa shape index (κ3) is 1.22. The summed E-state index contributed by atoms with van der Waals surface area (Å²) >= 11 is 0. The SMILES string of the molecule is CCC1(C)C(CN)=CC[C@@H]1C. The molecule has 64 valence electrons. The lowest BCUT2D eigenvalue weighted by Gasteiger charge is -2.31. The molecule has 2 N–H and O–H groups in total. The van der Waals surface area contributed by atoms with E-state index >= 15 is 0 Å². The molecular weight excluding hydrogens is 134 g/mol. The van der Waals surface area contributed by atoms with E-state index in [-0.39, 0.29) is 0 Å². The highest BCUT2D eigenvalue weighted by molar-refractivity contribution is 5.22. The molecule has 1 aliphatic carbocycles. The summed E-state index contributed by atoms with van der Waals surface area (Å²) in [6.45, 7) is 7.66. The highest BCUT2D eigenvalue weighted by Crippen LogP contribution is 2.45. The van der Waals surface area contributed by atoms with Crippen molar-refractivity contribution in [3.63, 3.8) is 0 Å². The molecule has 0 aliphatic heterocycles. The van der Waals surface area contributed by atoms with Gasteiger partial charge < -0.3 is 5.73 Å². The Morgan fingerprint density at radius 1 is 1.73 bits per heavy atom. The smallest absolute Gasteiger partial charge is 0.0142 e. The monoisotopic (exact) mass is 153 g/mol. The number of nitrogens with two attached hydrogens (primary N) is 1. The molecule has 0 spiro atoms. The van der Waals surface area contributed by atoms with Crippen LogP contribution in [0.5, 0.6) is 0 Å². The predicted molar refractivity (Wildman–Crippen MR) is 49.3 cm³/mol. The zero-order valence-electron chi connectivity index (χ0n) is 7.85. The van der Waals surface area contributed by atoms with Gasteiger partial charge in [0, 0.05) is 6.54 Å². The molecule has 0 heterocycles. The molecule has 0 radical (unpaired) electrons. The van der Waals surface area contributed by atoms with Gasteiger partial charge in [0.05, 0.1) is 0 Å². The molecule has 0 saturated heterocycles. The predicted octanol–water partition coefficient (Wildman–Crippen LogP) is 2.33. The lowest BCUT2D eigenvalue weighted by Crippen LogP contribution is -2.26. The summed E-state index contributed by atoms with van der Waals surface area (Å²) in [5.74, 6) is 0.783. The molecule has 0 aromatic heterocycles. The maximum atomic E-state index is 5.68. The minimum absolute atomic E-state index is 0.398. The zero-order chi connectivity index (χ0) is 8.48. The van der Waals surface area contributed by atoms with Crippen molar-refractivity contribution in [1.29, 1.82) is 0 Å². The van der Waals surface area contributed by atoms with Gasteiger partial charge >= 0.3 is 0 Å². The van der Waals surface area contributed by atoms with E-state index in [0.717, 1.165) is 12.5 Å². The van der Waals surface area contributed by atoms with Gasteiger partial charge in [0.15, 0.2) is 0 Å². The van der Waals surface area contributed by atoms with Crippen LogP contribution in [-0.2, 0) is 0 Å². The van der Waals surface area contributed by atoms with Crippen LogP contribution in [0.15, 0.2) is 11.6 Å². The van der Waals surface area contributed by atoms with Crippen LogP contribution in [0.25, 0.3) is 0 Å². The molecule has 0 fully saturated rings. The van der Waals surface area contributed by atoms with Crippen molar-refractivity contribution in [3.05, 3.63) is 11.6 Å². The van der Waals surface area contributed by atoms with Crippen molar-refractivity contribution >= 4 is 0 Å². The van der Waals surface area contributed by atoms with Crippen molar-refractivity contribution in [2.24, 2.45) is 17.1 Å². The lowest BCUT2D eigenvalue weighted by molar-refractivity contribution is 0.270. The third-order valence-electron chi connectivity index (χ3n) is 3.49. The Bertz CT molecular complexity index is 172. The first kappa shape index (κ1) is 8.79. The van der Waals surface area contributed by atoms with Crippen molar-refractivity contribution in [3.8, 4) is 0 Å². The second-order valence-corrected chi connectivity index (χ2v) is 3.84. The van der Waals surface area contributed by atoms with Gasteiger partial charge in [-0.05, 0) is 24.2 Å². The molecule has 0 aromatic carbocycles. The molecular formula is C10H19N. The Hall–Kier alpha value is -0.300. The fraction of sp³-hybridized carbons (Fsp3) is 0.800. The minimum atomic E-state index is 0.398. The number of hydrogen-bond acceptors (Lipinski definition) is 1. The van der Waals surface area contributed by atoms with E-state index in [1.54, 1.807) is 0 Å². The Labute approximate surface area is 69.7 Å². The van der Waals surface area contributed by atoms with Crippen LogP contribution in [0, 0.1) is 11.3 Å². The average molecular weight is 153 g/mol. The van der Waals surface area contributed by atoms with Gasteiger partial charge in [-0.25, -0.2) is 0 Å². The molecule has 0 saturated carbocycles. The van der Waals surface area contributed by atoms with Gasteiger partial charge in [0.1, 0.15) is 0 Å². The quantitative estimate of drug-likeness (QED) is 0.605. The lowest BCUT2D eigenvalue weighted by atomic mass is 9.74. The maximum absolute atomic E-state index is 5.68. The van der Waals surface area contributed by atoms with E-state index in [1.165, 1.54) is 18.4 Å². The zero-order valence-corrected chi connectivity index (χ0v) is 7.85. The van der Waals surface area contributed by atoms with Gasteiger partial charge in [0.25, 0.3) is 0 Å². The molecule has 1 aliphatic rings. The van der Waals surface area contributed by atoms with Crippen LogP contribution in [0.1, 0.15) is 33.6 Å². The fourth-order valence-corrected chi connectivity index (χ4v) is 2.02. The number of hydrogen-bond donors (Lipinski definition) is 1. The molecule has 0 amide bonds. The van der Waals surface area contributed by atoms with Crippen LogP contribution < -0.4 is 5.73 Å². The van der Waals surface area contributed by atoms with Gasteiger partial charge in [0.2, 0.25) is 0 Å². The van der Waals surface area contributed by atoms with Crippen molar-refractivity contribution < 1.29 is 0 Å². The average Bonchev–Trinajstić information content (AvgIpc) is 2.30. The normalized spacial score (nSPS) is 37.5. The van der Waals surface area contributed by atoms with E-state index in [9.17, 15) is 0 Å². The van der Waals surface area contributed by atoms with Gasteiger partial charge in [-0.15, -0.1) is 0 Å². The molecule has 11 heavy (non-hydrogen) atoms.